The molecule has 38 heavy (non-hydrogen) atoms. The number of carbonyl (C=O) groups excluding carboxylic acids is 1. The van der Waals surface area contributed by atoms with Crippen LogP contribution in [0.15, 0.2) is 66.7 Å². The highest BCUT2D eigenvalue weighted by atomic mass is 31.2. The molecule has 11 nitrogen and oxygen atoms in total. The fourth-order valence-electron chi connectivity index (χ4n) is 4.99. The van der Waals surface area contributed by atoms with E-state index in [1.54, 1.807) is 66.7 Å². The number of para-hydroxylation sites is 2. The van der Waals surface area contributed by atoms with Crippen LogP contribution in [0.4, 0.5) is 0 Å². The molecule has 0 saturated heterocycles. The first-order valence-electron chi connectivity index (χ1n) is 11.9. The summed E-state index contributed by atoms with van der Waals surface area (Å²) in [5, 5.41) is 33.8. The third-order valence-corrected chi connectivity index (χ3v) is 8.01. The van der Waals surface area contributed by atoms with Crippen molar-refractivity contribution in [2.75, 3.05) is 6.79 Å². The van der Waals surface area contributed by atoms with E-state index >= 15 is 0 Å². The number of hydrogen-bond donors (Lipinski definition) is 4. The number of phosphoric acid groups is 1. The van der Waals surface area contributed by atoms with Gasteiger partial charge in [-0.05, 0) is 42.3 Å². The van der Waals surface area contributed by atoms with E-state index in [-0.39, 0.29) is 47.5 Å². The van der Waals surface area contributed by atoms with Crippen LogP contribution in [-0.2, 0) is 4.57 Å². The number of phosphoric ester groups is 1. The Kier molecular flexibility index (Phi) is 6.16. The zero-order valence-corrected chi connectivity index (χ0v) is 20.7. The number of carbonyl (C=O) groups is 1. The van der Waals surface area contributed by atoms with Gasteiger partial charge in [0, 0.05) is 5.92 Å². The molecule has 6 rings (SSSR count). The molecule has 0 radical (unpaired) electrons. The third kappa shape index (κ3) is 4.33. The van der Waals surface area contributed by atoms with Gasteiger partial charge in [-0.3, -0.25) is 4.79 Å². The van der Waals surface area contributed by atoms with E-state index < -0.39 is 44.0 Å². The van der Waals surface area contributed by atoms with Crippen LogP contribution in [0.3, 0.4) is 0 Å². The van der Waals surface area contributed by atoms with Crippen molar-refractivity contribution in [2.24, 2.45) is 0 Å². The number of benzene rings is 3. The highest BCUT2D eigenvalue weighted by molar-refractivity contribution is 7.49. The minimum atomic E-state index is -4.52. The fourth-order valence-corrected chi connectivity index (χ4v) is 6.26. The SMILES string of the molecule is O=C1N[C@H]2[C@H](O)[C@H](O)[C@@H](O)C[C@@H]2c2cc3c(c(OP(=O)(Oc4ccccc4)Oc4ccccc4)c21)OCO3. The van der Waals surface area contributed by atoms with E-state index in [2.05, 4.69) is 5.32 Å². The molecule has 5 atom stereocenters. The van der Waals surface area contributed by atoms with Crippen molar-refractivity contribution in [1.29, 1.82) is 0 Å². The first kappa shape index (κ1) is 24.6. The number of amides is 1. The number of aliphatic hydroxyl groups is 3. The van der Waals surface area contributed by atoms with Crippen LogP contribution in [0.25, 0.3) is 0 Å². The second kappa shape index (κ2) is 9.52. The van der Waals surface area contributed by atoms with Crippen molar-refractivity contribution in [3.63, 3.8) is 0 Å². The summed E-state index contributed by atoms with van der Waals surface area (Å²) >= 11 is 0. The Morgan fingerprint density at radius 2 is 1.50 bits per heavy atom. The maximum Gasteiger partial charge on any atom is 0.647 e. The van der Waals surface area contributed by atoms with E-state index in [1.807, 2.05) is 0 Å². The monoisotopic (exact) mass is 541 g/mol. The number of aliphatic hydroxyl groups excluding tert-OH is 3. The Morgan fingerprint density at radius 1 is 0.868 bits per heavy atom. The molecule has 3 aromatic carbocycles. The average Bonchev–Trinajstić information content (AvgIpc) is 3.38. The highest BCUT2D eigenvalue weighted by Gasteiger charge is 2.50. The van der Waals surface area contributed by atoms with Crippen molar-refractivity contribution in [3.05, 3.63) is 77.9 Å². The topological polar surface area (TPSA) is 153 Å². The molecule has 0 aromatic heterocycles. The lowest BCUT2D eigenvalue weighted by Gasteiger charge is -2.44. The van der Waals surface area contributed by atoms with Gasteiger partial charge in [0.2, 0.25) is 12.5 Å². The summed E-state index contributed by atoms with van der Waals surface area (Å²) in [6, 6.07) is 17.2. The summed E-state index contributed by atoms with van der Waals surface area (Å²) < 4.78 is 42.7. The number of hydrogen-bond acceptors (Lipinski definition) is 10. The van der Waals surface area contributed by atoms with Crippen LogP contribution in [0.1, 0.15) is 28.3 Å². The van der Waals surface area contributed by atoms with Crippen LogP contribution < -0.4 is 28.4 Å². The Balaban J connectivity index is 1.46. The van der Waals surface area contributed by atoms with E-state index in [1.165, 1.54) is 0 Å². The van der Waals surface area contributed by atoms with Gasteiger partial charge in [-0.1, -0.05) is 36.4 Å². The van der Waals surface area contributed by atoms with Crippen molar-refractivity contribution in [2.45, 2.75) is 36.7 Å². The average molecular weight is 541 g/mol. The van der Waals surface area contributed by atoms with Crippen LogP contribution in [0.5, 0.6) is 28.7 Å². The Labute approximate surface area is 217 Å². The molecule has 0 unspecified atom stereocenters. The molecule has 0 bridgehead atoms. The fraction of sp³-hybridized carbons (Fsp3) is 0.269. The summed E-state index contributed by atoms with van der Waals surface area (Å²) in [5.41, 5.74) is 0.341. The van der Waals surface area contributed by atoms with Gasteiger partial charge in [-0.25, -0.2) is 0 Å². The minimum Gasteiger partial charge on any atom is -0.453 e. The molecule has 198 valence electrons. The van der Waals surface area contributed by atoms with Crippen molar-refractivity contribution in [3.8, 4) is 28.7 Å². The lowest BCUT2D eigenvalue weighted by molar-refractivity contribution is -0.104. The lowest BCUT2D eigenvalue weighted by Crippen LogP contribution is -2.61. The number of fused-ring (bicyclic) bond motifs is 4. The minimum absolute atomic E-state index is 0.0279. The van der Waals surface area contributed by atoms with Gasteiger partial charge in [0.15, 0.2) is 11.5 Å². The summed E-state index contributed by atoms with van der Waals surface area (Å²) in [5.74, 6) is -0.863. The van der Waals surface area contributed by atoms with Crippen LogP contribution in [0, 0.1) is 0 Å². The number of nitrogens with one attached hydrogen (secondary N) is 1. The second-order valence-electron chi connectivity index (χ2n) is 9.14. The molecule has 3 aliphatic rings. The molecule has 4 N–H and O–H groups in total. The molecule has 1 aliphatic carbocycles. The second-order valence-corrected chi connectivity index (χ2v) is 10.6. The van der Waals surface area contributed by atoms with Crippen molar-refractivity contribution < 1.29 is 47.7 Å². The third-order valence-electron chi connectivity index (χ3n) is 6.74. The van der Waals surface area contributed by atoms with Gasteiger partial charge < -0.3 is 43.7 Å². The summed E-state index contributed by atoms with van der Waals surface area (Å²) in [4.78, 5) is 13.4. The molecule has 1 saturated carbocycles. The summed E-state index contributed by atoms with van der Waals surface area (Å²) in [6.07, 6.45) is -4.04. The van der Waals surface area contributed by atoms with E-state index in [0.29, 0.717) is 5.56 Å². The molecule has 12 heteroatoms. The summed E-state index contributed by atoms with van der Waals surface area (Å²) in [6.45, 7) is -0.183. The van der Waals surface area contributed by atoms with Gasteiger partial charge in [0.05, 0.1) is 17.7 Å². The quantitative estimate of drug-likeness (QED) is 0.343. The maximum atomic E-state index is 14.1. The predicted octanol–water partition coefficient (Wildman–Crippen LogP) is 2.74. The van der Waals surface area contributed by atoms with Crippen LogP contribution >= 0.6 is 7.82 Å². The number of rotatable bonds is 6. The van der Waals surface area contributed by atoms with Gasteiger partial charge in [-0.2, -0.15) is 4.57 Å². The standard InChI is InChI=1S/C26H24NO10P/c28-18-11-17-16-12-19-24(34-13-33-19)25(20(16)26(31)27-21(17)23(30)22(18)29)37-38(32,35-14-7-3-1-4-8-14)36-15-9-5-2-6-10-15/h1-10,12,17-18,21-23,28-30H,11,13H2,(H,27,31)/t17-,18+,21-,22-,23+/m1/s1. The Hall–Kier alpha value is -3.76. The Bertz CT molecular complexity index is 1360. The van der Waals surface area contributed by atoms with Gasteiger partial charge in [-0.15, -0.1) is 0 Å². The van der Waals surface area contributed by atoms with Gasteiger partial charge in [0.25, 0.3) is 5.91 Å². The van der Waals surface area contributed by atoms with Gasteiger partial charge >= 0.3 is 7.82 Å². The first-order valence-corrected chi connectivity index (χ1v) is 13.4. The zero-order chi connectivity index (χ0) is 26.4. The maximum absolute atomic E-state index is 14.1. The summed E-state index contributed by atoms with van der Waals surface area (Å²) in [7, 11) is -4.52. The molecule has 2 heterocycles. The van der Waals surface area contributed by atoms with E-state index in [4.69, 9.17) is 23.0 Å². The molecular weight excluding hydrogens is 517 g/mol. The first-order chi connectivity index (χ1) is 18.3. The van der Waals surface area contributed by atoms with Crippen molar-refractivity contribution in [1.82, 2.24) is 5.32 Å². The molecular formula is C26H24NO10P. The molecule has 0 spiro atoms. The molecule has 1 fully saturated rings. The highest BCUT2D eigenvalue weighted by Crippen LogP contribution is 2.57. The number of ether oxygens (including phenoxy) is 2. The smallest absolute Gasteiger partial charge is 0.453 e. The largest absolute Gasteiger partial charge is 0.647 e. The Morgan fingerprint density at radius 3 is 2.13 bits per heavy atom. The van der Waals surface area contributed by atoms with Crippen molar-refractivity contribution >= 4 is 13.7 Å². The molecule has 2 aliphatic heterocycles. The van der Waals surface area contributed by atoms with Crippen LogP contribution in [-0.4, -0.2) is 52.4 Å². The predicted molar refractivity (Wildman–Crippen MR) is 132 cm³/mol. The van der Waals surface area contributed by atoms with Crippen LogP contribution in [0.2, 0.25) is 0 Å². The van der Waals surface area contributed by atoms with Gasteiger partial charge in [0.1, 0.15) is 23.7 Å². The molecule has 3 aromatic rings. The zero-order valence-electron chi connectivity index (χ0n) is 19.8. The lowest BCUT2D eigenvalue weighted by atomic mass is 9.72. The van der Waals surface area contributed by atoms with E-state index in [9.17, 15) is 24.7 Å². The van der Waals surface area contributed by atoms with E-state index in [0.717, 1.165) is 0 Å². The molecule has 1 amide bonds. The normalized spacial score (nSPS) is 25.6.